The van der Waals surface area contributed by atoms with Crippen molar-refractivity contribution in [3.8, 4) is 5.75 Å². The molecule has 3 amide bonds. The Hall–Kier alpha value is -2.58. The maximum Gasteiger partial charge on any atom is 0.312 e. The highest BCUT2D eigenvalue weighted by Crippen LogP contribution is 2.31. The lowest BCUT2D eigenvalue weighted by Crippen LogP contribution is -2.44. The number of amides is 3. The average molecular weight is 419 g/mol. The molecule has 0 aliphatic carbocycles. The van der Waals surface area contributed by atoms with E-state index in [0.717, 1.165) is 21.8 Å². The number of para-hydroxylation sites is 1. The first kappa shape index (κ1) is 17.2. The number of hydrogen-bond acceptors (Lipinski definition) is 5. The molecule has 1 fully saturated rings. The topological polar surface area (TPSA) is 86.7 Å². The summed E-state index contributed by atoms with van der Waals surface area (Å²) in [6.45, 7) is 0. The number of carbonyl (C=O) groups is 3. The number of phenols is 1. The van der Waals surface area contributed by atoms with Crippen molar-refractivity contribution in [2.45, 2.75) is 0 Å². The Balaban J connectivity index is 1.79. The minimum absolute atomic E-state index is 0.0292. The maximum atomic E-state index is 12.4. The molecule has 0 unspecified atom stereocenters. The molecule has 0 bridgehead atoms. The Morgan fingerprint density at radius 3 is 2.48 bits per heavy atom. The van der Waals surface area contributed by atoms with E-state index in [1.165, 1.54) is 12.1 Å². The van der Waals surface area contributed by atoms with Gasteiger partial charge in [-0.05, 0) is 47.7 Å². The summed E-state index contributed by atoms with van der Waals surface area (Å²) in [7, 11) is 0. The van der Waals surface area contributed by atoms with Crippen LogP contribution in [0.4, 0.5) is 4.79 Å². The third-order valence-electron chi connectivity index (χ3n) is 3.32. The molecule has 1 saturated heterocycles. The van der Waals surface area contributed by atoms with Gasteiger partial charge in [0.1, 0.15) is 5.75 Å². The number of benzene rings is 2. The highest BCUT2D eigenvalue weighted by atomic mass is 79.9. The fourth-order valence-electron chi connectivity index (χ4n) is 2.10. The highest BCUT2D eigenvalue weighted by molar-refractivity contribution is 9.10. The lowest BCUT2D eigenvalue weighted by atomic mass is 10.2. The van der Waals surface area contributed by atoms with Gasteiger partial charge in [-0.15, -0.1) is 0 Å². The van der Waals surface area contributed by atoms with E-state index >= 15 is 0 Å². The number of carbonyl (C=O) groups excluding carboxylic acids is 3. The van der Waals surface area contributed by atoms with E-state index in [0.29, 0.717) is 5.01 Å². The number of nitrogens with zero attached hydrogens (tertiary/aromatic N) is 1. The molecule has 2 aromatic rings. The molecule has 1 aliphatic rings. The number of nitrogens with one attached hydrogen (secondary N) is 1. The van der Waals surface area contributed by atoms with Gasteiger partial charge in [-0.25, -0.2) is 0 Å². The van der Waals surface area contributed by atoms with E-state index in [1.54, 1.807) is 30.3 Å². The van der Waals surface area contributed by atoms with Crippen LogP contribution in [0.3, 0.4) is 0 Å². The molecule has 2 aromatic carbocycles. The summed E-state index contributed by atoms with van der Waals surface area (Å²) in [6, 6.07) is 13.1. The third-order valence-corrected chi connectivity index (χ3v) is 4.72. The second-order valence-electron chi connectivity index (χ2n) is 5.03. The molecule has 1 aliphatic heterocycles. The first-order valence-corrected chi connectivity index (χ1v) is 8.69. The zero-order chi connectivity index (χ0) is 18.0. The summed E-state index contributed by atoms with van der Waals surface area (Å²) in [5.74, 6) is -1.61. The van der Waals surface area contributed by atoms with E-state index in [1.807, 2.05) is 12.1 Å². The van der Waals surface area contributed by atoms with Gasteiger partial charge in [0.25, 0.3) is 11.8 Å². The minimum Gasteiger partial charge on any atom is -0.507 e. The van der Waals surface area contributed by atoms with Crippen molar-refractivity contribution < 1.29 is 19.5 Å². The van der Waals surface area contributed by atoms with Crippen LogP contribution in [0.2, 0.25) is 0 Å². The zero-order valence-electron chi connectivity index (χ0n) is 12.6. The van der Waals surface area contributed by atoms with E-state index < -0.39 is 17.1 Å². The number of rotatable bonds is 3. The van der Waals surface area contributed by atoms with Crippen molar-refractivity contribution in [2.75, 3.05) is 0 Å². The molecular weight excluding hydrogens is 408 g/mol. The number of imide groups is 1. The van der Waals surface area contributed by atoms with Crippen molar-refractivity contribution in [1.82, 2.24) is 10.4 Å². The minimum atomic E-state index is -0.745. The smallest absolute Gasteiger partial charge is 0.312 e. The van der Waals surface area contributed by atoms with Crippen LogP contribution in [-0.2, 0) is 4.79 Å². The van der Waals surface area contributed by atoms with Crippen molar-refractivity contribution in [3.63, 3.8) is 0 Å². The van der Waals surface area contributed by atoms with E-state index in [2.05, 4.69) is 21.4 Å². The lowest BCUT2D eigenvalue weighted by molar-refractivity contribution is -0.124. The first-order chi connectivity index (χ1) is 12.0. The Morgan fingerprint density at radius 1 is 1.12 bits per heavy atom. The predicted octanol–water partition coefficient (Wildman–Crippen LogP) is 3.54. The summed E-state index contributed by atoms with van der Waals surface area (Å²) in [6.07, 6.45) is 1.57. The fourth-order valence-corrected chi connectivity index (χ4v) is 3.15. The molecule has 3 rings (SSSR count). The normalized spacial score (nSPS) is 15.7. The van der Waals surface area contributed by atoms with Gasteiger partial charge in [0.2, 0.25) is 0 Å². The van der Waals surface area contributed by atoms with Crippen LogP contribution in [0.1, 0.15) is 15.9 Å². The predicted molar refractivity (Wildman–Crippen MR) is 97.5 cm³/mol. The molecule has 0 spiro atoms. The van der Waals surface area contributed by atoms with Crippen molar-refractivity contribution in [3.05, 3.63) is 69.0 Å². The monoisotopic (exact) mass is 418 g/mol. The molecule has 6 nitrogen and oxygen atoms in total. The Labute approximate surface area is 155 Å². The Bertz CT molecular complexity index is 896. The van der Waals surface area contributed by atoms with Gasteiger partial charge in [0.05, 0.1) is 10.5 Å². The van der Waals surface area contributed by atoms with Crippen LogP contribution in [0.5, 0.6) is 5.75 Å². The molecule has 0 aromatic heterocycles. The number of hydrazine groups is 1. The molecule has 0 atom stereocenters. The molecule has 1 heterocycles. The fraction of sp³-hybridized carbons (Fsp3) is 0. The van der Waals surface area contributed by atoms with Crippen molar-refractivity contribution >= 4 is 50.8 Å². The van der Waals surface area contributed by atoms with Crippen LogP contribution in [-0.4, -0.2) is 27.2 Å². The second-order valence-corrected chi connectivity index (χ2v) is 6.94. The first-order valence-electron chi connectivity index (χ1n) is 7.08. The number of aromatic hydroxyl groups is 1. The molecule has 8 heteroatoms. The van der Waals surface area contributed by atoms with Crippen LogP contribution >= 0.6 is 27.7 Å². The number of phenolic OH excluding ortho intramolecular Hbond substituents is 1. The number of halogens is 1. The van der Waals surface area contributed by atoms with Gasteiger partial charge in [-0.2, -0.15) is 5.01 Å². The van der Waals surface area contributed by atoms with Gasteiger partial charge in [-0.1, -0.05) is 40.2 Å². The number of hydrogen-bond donors (Lipinski definition) is 2. The van der Waals surface area contributed by atoms with E-state index in [4.69, 9.17) is 0 Å². The SMILES string of the molecule is O=C(NN1C(=O)SC(=Cc2ccc(Br)cc2)C1=O)c1ccccc1O. The van der Waals surface area contributed by atoms with Gasteiger partial charge >= 0.3 is 5.24 Å². The van der Waals surface area contributed by atoms with Gasteiger partial charge < -0.3 is 5.11 Å². The maximum absolute atomic E-state index is 12.4. The summed E-state index contributed by atoms with van der Waals surface area (Å²) in [5, 5.41) is 9.72. The Kier molecular flexibility index (Phi) is 4.91. The van der Waals surface area contributed by atoms with Crippen LogP contribution in [0.15, 0.2) is 57.9 Å². The zero-order valence-corrected chi connectivity index (χ0v) is 15.0. The average Bonchev–Trinajstić information content (AvgIpc) is 2.85. The van der Waals surface area contributed by atoms with Crippen LogP contribution < -0.4 is 5.43 Å². The standard InChI is InChI=1S/C17H11BrN2O4S/c18-11-7-5-10(6-8-11)9-14-16(23)20(17(24)25-14)19-15(22)12-3-1-2-4-13(12)21/h1-9,21H,(H,19,22). The largest absolute Gasteiger partial charge is 0.507 e. The molecule has 25 heavy (non-hydrogen) atoms. The molecule has 0 saturated carbocycles. The summed E-state index contributed by atoms with van der Waals surface area (Å²) < 4.78 is 0.896. The molecule has 0 radical (unpaired) electrons. The Morgan fingerprint density at radius 2 is 1.80 bits per heavy atom. The molecular formula is C17H11BrN2O4S. The van der Waals surface area contributed by atoms with Gasteiger partial charge in [0, 0.05) is 4.47 Å². The van der Waals surface area contributed by atoms with Crippen LogP contribution in [0.25, 0.3) is 6.08 Å². The summed E-state index contributed by atoms with van der Waals surface area (Å²) in [4.78, 5) is 36.8. The number of thioether (sulfide) groups is 1. The van der Waals surface area contributed by atoms with Gasteiger partial charge in [0.15, 0.2) is 0 Å². The van der Waals surface area contributed by atoms with Gasteiger partial charge in [-0.3, -0.25) is 19.8 Å². The molecule has 2 N–H and O–H groups in total. The quantitative estimate of drug-likeness (QED) is 0.744. The van der Waals surface area contributed by atoms with Crippen LogP contribution in [0, 0.1) is 0 Å². The third kappa shape index (κ3) is 3.75. The summed E-state index contributed by atoms with van der Waals surface area (Å²) >= 11 is 4.05. The lowest BCUT2D eigenvalue weighted by Gasteiger charge is -2.14. The highest BCUT2D eigenvalue weighted by Gasteiger charge is 2.37. The van der Waals surface area contributed by atoms with Crippen molar-refractivity contribution in [2.24, 2.45) is 0 Å². The van der Waals surface area contributed by atoms with E-state index in [9.17, 15) is 19.5 Å². The second kappa shape index (κ2) is 7.12. The van der Waals surface area contributed by atoms with Crippen molar-refractivity contribution in [1.29, 1.82) is 0 Å². The summed E-state index contributed by atoms with van der Waals surface area (Å²) in [5.41, 5.74) is 2.95. The molecule has 126 valence electrons. The van der Waals surface area contributed by atoms with E-state index in [-0.39, 0.29) is 16.2 Å².